The lowest BCUT2D eigenvalue weighted by Crippen LogP contribution is -2.09. The van der Waals surface area contributed by atoms with Crippen molar-refractivity contribution in [3.8, 4) is 11.1 Å². The third-order valence-corrected chi connectivity index (χ3v) is 3.21. The van der Waals surface area contributed by atoms with Gasteiger partial charge in [0.05, 0.1) is 11.7 Å². The standard InChI is InChI=1S/C16H15F3O/c1-2-15(20)12-8-9-13(11-6-4-3-5-7-11)14(10-12)16(17,18)19/h3-10,15,20H,2H2,1H3. The predicted octanol–water partition coefficient (Wildman–Crippen LogP) is 4.82. The molecule has 1 nitrogen and oxygen atoms in total. The molecule has 4 heteroatoms. The molecule has 0 bridgehead atoms. The lowest BCUT2D eigenvalue weighted by Gasteiger charge is -2.16. The van der Waals surface area contributed by atoms with E-state index in [2.05, 4.69) is 0 Å². The average Bonchev–Trinajstić information content (AvgIpc) is 2.46. The Labute approximate surface area is 115 Å². The molecule has 0 aliphatic heterocycles. The van der Waals surface area contributed by atoms with Crippen LogP contribution in [0, 0.1) is 0 Å². The van der Waals surface area contributed by atoms with E-state index in [4.69, 9.17) is 0 Å². The Morgan fingerprint density at radius 1 is 1.05 bits per heavy atom. The zero-order chi connectivity index (χ0) is 14.8. The second-order valence-corrected chi connectivity index (χ2v) is 4.59. The minimum Gasteiger partial charge on any atom is -0.388 e. The first-order valence-corrected chi connectivity index (χ1v) is 6.38. The summed E-state index contributed by atoms with van der Waals surface area (Å²) in [5.74, 6) is 0. The Morgan fingerprint density at radius 2 is 1.70 bits per heavy atom. The lowest BCUT2D eigenvalue weighted by molar-refractivity contribution is -0.137. The molecule has 2 aromatic rings. The summed E-state index contributed by atoms with van der Waals surface area (Å²) in [4.78, 5) is 0. The van der Waals surface area contributed by atoms with Crippen LogP contribution in [-0.4, -0.2) is 5.11 Å². The van der Waals surface area contributed by atoms with E-state index in [-0.39, 0.29) is 5.56 Å². The maximum atomic E-state index is 13.2. The molecule has 106 valence electrons. The van der Waals surface area contributed by atoms with Crippen molar-refractivity contribution in [2.45, 2.75) is 25.6 Å². The van der Waals surface area contributed by atoms with E-state index >= 15 is 0 Å². The van der Waals surface area contributed by atoms with E-state index in [0.717, 1.165) is 6.07 Å². The Balaban J connectivity index is 2.58. The normalized spacial score (nSPS) is 13.2. The first kappa shape index (κ1) is 14.6. The van der Waals surface area contributed by atoms with E-state index in [1.807, 2.05) is 0 Å². The van der Waals surface area contributed by atoms with E-state index in [9.17, 15) is 18.3 Å². The highest BCUT2D eigenvalue weighted by Crippen LogP contribution is 2.38. The Morgan fingerprint density at radius 3 is 2.25 bits per heavy atom. The summed E-state index contributed by atoms with van der Waals surface area (Å²) in [5.41, 5.74) is 0.218. The van der Waals surface area contributed by atoms with Crippen molar-refractivity contribution in [1.29, 1.82) is 0 Å². The first-order valence-electron chi connectivity index (χ1n) is 6.38. The fraction of sp³-hybridized carbons (Fsp3) is 0.250. The van der Waals surface area contributed by atoms with Crippen LogP contribution in [0.15, 0.2) is 48.5 Å². The second-order valence-electron chi connectivity index (χ2n) is 4.59. The number of aliphatic hydroxyl groups excluding tert-OH is 1. The van der Waals surface area contributed by atoms with Crippen LogP contribution in [-0.2, 0) is 6.18 Å². The first-order chi connectivity index (χ1) is 9.43. The molecule has 0 aliphatic carbocycles. The van der Waals surface area contributed by atoms with Gasteiger partial charge in [-0.3, -0.25) is 0 Å². The summed E-state index contributed by atoms with van der Waals surface area (Å²) in [6, 6.07) is 12.4. The highest BCUT2D eigenvalue weighted by molar-refractivity contribution is 5.68. The van der Waals surface area contributed by atoms with Crippen molar-refractivity contribution >= 4 is 0 Å². The molecule has 0 fully saturated rings. The van der Waals surface area contributed by atoms with Gasteiger partial charge in [-0.1, -0.05) is 49.4 Å². The van der Waals surface area contributed by atoms with Crippen LogP contribution in [0.25, 0.3) is 11.1 Å². The van der Waals surface area contributed by atoms with Crippen LogP contribution < -0.4 is 0 Å². The van der Waals surface area contributed by atoms with Gasteiger partial charge in [0.2, 0.25) is 0 Å². The van der Waals surface area contributed by atoms with Crippen LogP contribution in [0.1, 0.15) is 30.6 Å². The monoisotopic (exact) mass is 280 g/mol. The largest absolute Gasteiger partial charge is 0.417 e. The molecular weight excluding hydrogens is 265 g/mol. The number of rotatable bonds is 3. The van der Waals surface area contributed by atoms with E-state index < -0.39 is 17.8 Å². The van der Waals surface area contributed by atoms with Gasteiger partial charge in [0.15, 0.2) is 0 Å². The Hall–Kier alpha value is -1.81. The van der Waals surface area contributed by atoms with Crippen LogP contribution in [0.4, 0.5) is 13.2 Å². The zero-order valence-corrected chi connectivity index (χ0v) is 11.0. The molecule has 0 heterocycles. The van der Waals surface area contributed by atoms with Gasteiger partial charge in [0.25, 0.3) is 0 Å². The lowest BCUT2D eigenvalue weighted by atomic mass is 9.95. The van der Waals surface area contributed by atoms with Crippen molar-refractivity contribution < 1.29 is 18.3 Å². The number of benzene rings is 2. The Bertz CT molecular complexity index is 576. The second kappa shape index (κ2) is 5.67. The minimum atomic E-state index is -4.45. The number of halogens is 3. The summed E-state index contributed by atoms with van der Waals surface area (Å²) >= 11 is 0. The summed E-state index contributed by atoms with van der Waals surface area (Å²) in [6.07, 6.45) is -4.95. The van der Waals surface area contributed by atoms with E-state index in [1.54, 1.807) is 43.3 Å². The minimum absolute atomic E-state index is 0.130. The molecule has 0 aromatic heterocycles. The predicted molar refractivity (Wildman–Crippen MR) is 72.1 cm³/mol. The van der Waals surface area contributed by atoms with Gasteiger partial charge in [-0.15, -0.1) is 0 Å². The topological polar surface area (TPSA) is 20.2 Å². The molecule has 1 unspecified atom stereocenters. The molecule has 1 atom stereocenters. The van der Waals surface area contributed by atoms with Crippen molar-refractivity contribution in [1.82, 2.24) is 0 Å². The number of aliphatic hydroxyl groups is 1. The molecule has 0 spiro atoms. The third-order valence-electron chi connectivity index (χ3n) is 3.21. The summed E-state index contributed by atoms with van der Waals surface area (Å²) in [7, 11) is 0. The molecule has 20 heavy (non-hydrogen) atoms. The van der Waals surface area contributed by atoms with Crippen molar-refractivity contribution in [2.75, 3.05) is 0 Å². The molecule has 0 amide bonds. The SMILES string of the molecule is CCC(O)c1ccc(-c2ccccc2)c(C(F)(F)F)c1. The fourth-order valence-corrected chi connectivity index (χ4v) is 2.11. The van der Waals surface area contributed by atoms with Crippen LogP contribution >= 0.6 is 0 Å². The van der Waals surface area contributed by atoms with Gasteiger partial charge in [-0.25, -0.2) is 0 Å². The van der Waals surface area contributed by atoms with Gasteiger partial charge in [0.1, 0.15) is 0 Å². The fourth-order valence-electron chi connectivity index (χ4n) is 2.11. The quantitative estimate of drug-likeness (QED) is 0.855. The number of hydrogen-bond acceptors (Lipinski definition) is 1. The van der Waals surface area contributed by atoms with Crippen molar-refractivity contribution in [3.63, 3.8) is 0 Å². The van der Waals surface area contributed by atoms with Gasteiger partial charge < -0.3 is 5.11 Å². The van der Waals surface area contributed by atoms with Gasteiger partial charge in [0, 0.05) is 0 Å². The molecule has 0 radical (unpaired) electrons. The smallest absolute Gasteiger partial charge is 0.388 e. The summed E-state index contributed by atoms with van der Waals surface area (Å²) in [6.45, 7) is 1.73. The zero-order valence-electron chi connectivity index (χ0n) is 11.0. The Kier molecular flexibility index (Phi) is 4.14. The molecular formula is C16H15F3O. The van der Waals surface area contributed by atoms with Gasteiger partial charge >= 0.3 is 6.18 Å². The van der Waals surface area contributed by atoms with Crippen molar-refractivity contribution in [2.24, 2.45) is 0 Å². The van der Waals surface area contributed by atoms with E-state index in [0.29, 0.717) is 17.5 Å². The van der Waals surface area contributed by atoms with E-state index in [1.165, 1.54) is 6.07 Å². The van der Waals surface area contributed by atoms with Crippen molar-refractivity contribution in [3.05, 3.63) is 59.7 Å². The molecule has 0 aliphatic rings. The van der Waals surface area contributed by atoms with Crippen LogP contribution in [0.2, 0.25) is 0 Å². The number of alkyl halides is 3. The van der Waals surface area contributed by atoms with Crippen LogP contribution in [0.3, 0.4) is 0 Å². The summed E-state index contributed by atoms with van der Waals surface area (Å²) in [5, 5.41) is 9.71. The highest BCUT2D eigenvalue weighted by Gasteiger charge is 2.34. The molecule has 1 N–H and O–H groups in total. The highest BCUT2D eigenvalue weighted by atomic mass is 19.4. The van der Waals surface area contributed by atoms with Crippen LogP contribution in [0.5, 0.6) is 0 Å². The van der Waals surface area contributed by atoms with Gasteiger partial charge in [-0.05, 0) is 29.2 Å². The molecule has 2 rings (SSSR count). The molecule has 0 saturated heterocycles. The maximum absolute atomic E-state index is 13.2. The molecule has 0 saturated carbocycles. The average molecular weight is 280 g/mol. The number of hydrogen-bond donors (Lipinski definition) is 1. The maximum Gasteiger partial charge on any atom is 0.417 e. The third kappa shape index (κ3) is 3.02. The molecule has 2 aromatic carbocycles. The van der Waals surface area contributed by atoms with Gasteiger partial charge in [-0.2, -0.15) is 13.2 Å². The summed E-state index contributed by atoms with van der Waals surface area (Å²) < 4.78 is 39.6.